The second kappa shape index (κ2) is 14.3. The van der Waals surface area contributed by atoms with Gasteiger partial charge < -0.3 is 10.5 Å². The van der Waals surface area contributed by atoms with Gasteiger partial charge in [-0.2, -0.15) is 4.39 Å². The van der Waals surface area contributed by atoms with Crippen molar-refractivity contribution in [2.45, 2.75) is 34.1 Å². The van der Waals surface area contributed by atoms with Crippen LogP contribution in [-0.2, 0) is 15.8 Å². The fourth-order valence-corrected chi connectivity index (χ4v) is 3.58. The predicted octanol–water partition coefficient (Wildman–Crippen LogP) is 3.86. The largest absolute Gasteiger partial charge is 0.410 e. The van der Waals surface area contributed by atoms with Crippen LogP contribution in [0.3, 0.4) is 0 Å². The summed E-state index contributed by atoms with van der Waals surface area (Å²) in [5, 5.41) is 20.1. The van der Waals surface area contributed by atoms with Crippen molar-refractivity contribution in [2.75, 3.05) is 12.3 Å². The first-order chi connectivity index (χ1) is 15.4. The summed E-state index contributed by atoms with van der Waals surface area (Å²) in [4.78, 5) is 20.1. The molecule has 2 heterocycles. The first-order valence-electron chi connectivity index (χ1n) is 10.1. The van der Waals surface area contributed by atoms with E-state index in [2.05, 4.69) is 34.3 Å². The van der Waals surface area contributed by atoms with Crippen molar-refractivity contribution in [2.24, 2.45) is 10.3 Å². The van der Waals surface area contributed by atoms with Crippen LogP contribution in [0.4, 0.5) is 4.39 Å². The summed E-state index contributed by atoms with van der Waals surface area (Å²) in [6, 6.07) is 8.26. The monoisotopic (exact) mass is 481 g/mol. The van der Waals surface area contributed by atoms with Gasteiger partial charge in [-0.3, -0.25) is 9.93 Å². The molecule has 0 aliphatic heterocycles. The van der Waals surface area contributed by atoms with Gasteiger partial charge in [0.2, 0.25) is 11.7 Å². The van der Waals surface area contributed by atoms with Crippen LogP contribution in [0, 0.1) is 5.95 Å². The van der Waals surface area contributed by atoms with E-state index in [0.717, 1.165) is 15.8 Å². The Labute approximate surface area is 193 Å². The number of aromatic nitrogens is 2. The first kappa shape index (κ1) is 27.3. The molecule has 4 N–H and O–H groups in total. The van der Waals surface area contributed by atoms with Crippen LogP contribution in [0.25, 0.3) is 21.3 Å². The second-order valence-corrected chi connectivity index (χ2v) is 8.27. The summed E-state index contributed by atoms with van der Waals surface area (Å²) in [5.74, 6) is -1.13. The van der Waals surface area contributed by atoms with Crippen LogP contribution < -0.4 is 10.5 Å². The van der Waals surface area contributed by atoms with Crippen LogP contribution in [0.1, 0.15) is 39.1 Å². The minimum atomic E-state index is -1.54. The van der Waals surface area contributed by atoms with E-state index in [-0.39, 0.29) is 23.0 Å². The van der Waals surface area contributed by atoms with E-state index >= 15 is 0 Å². The maximum atomic E-state index is 13.0. The first-order valence-corrected chi connectivity index (χ1v) is 12.2. The zero-order valence-corrected chi connectivity index (χ0v) is 20.1. The number of thiazole rings is 1. The number of carbonyl (C=O) groups excluding carboxylic acids is 1. The number of fused-ring (bicyclic) bond motifs is 1. The number of amides is 1. The molecule has 0 saturated heterocycles. The van der Waals surface area contributed by atoms with E-state index in [9.17, 15) is 18.6 Å². The van der Waals surface area contributed by atoms with Crippen LogP contribution >= 0.6 is 11.3 Å². The number of oxime groups is 1. The van der Waals surface area contributed by atoms with Gasteiger partial charge in [0.25, 0.3) is 5.91 Å². The minimum absolute atomic E-state index is 0.0770. The van der Waals surface area contributed by atoms with Gasteiger partial charge in [0.15, 0.2) is 5.01 Å². The number of nitrogens with zero attached hydrogens (tertiary/aromatic N) is 3. The van der Waals surface area contributed by atoms with E-state index in [1.165, 1.54) is 30.0 Å². The molecule has 3 aromatic rings. The molecule has 174 valence electrons. The van der Waals surface area contributed by atoms with Crippen molar-refractivity contribution in [3.05, 3.63) is 47.5 Å². The van der Waals surface area contributed by atoms with Crippen molar-refractivity contribution in [3.8, 4) is 11.1 Å². The van der Waals surface area contributed by atoms with Gasteiger partial charge in [0.1, 0.15) is 0 Å². The number of rotatable bonds is 6. The number of halogens is 1. The highest BCUT2D eigenvalue weighted by Gasteiger charge is 2.19. The Morgan fingerprint density at radius 2 is 1.91 bits per heavy atom. The predicted molar refractivity (Wildman–Crippen MR) is 129 cm³/mol. The molecule has 1 amide bonds. The standard InChI is InChI=1S/C16H14FN5O3S2.C3H8.C2H6/c17-13-4-2-10(8-20-13)9-1-3-11-12(7-9)26-16(21-11)14(22-24)15(23)19-5-6-27(18)25;1-3-2;1-2/h1-4,7-8,24H,5-6,18H2,(H,19,23);3H2,1-2H3;1-2H3/b22-14-;;. The Bertz CT molecular complexity index is 1060. The summed E-state index contributed by atoms with van der Waals surface area (Å²) in [7, 11) is -1.54. The highest BCUT2D eigenvalue weighted by Crippen LogP contribution is 2.28. The molecule has 8 nitrogen and oxygen atoms in total. The molecule has 0 aliphatic carbocycles. The van der Waals surface area contributed by atoms with E-state index in [1.807, 2.05) is 19.9 Å². The van der Waals surface area contributed by atoms with E-state index < -0.39 is 22.8 Å². The molecule has 0 aliphatic rings. The summed E-state index contributed by atoms with van der Waals surface area (Å²) in [5.41, 5.74) is 1.91. The lowest BCUT2D eigenvalue weighted by atomic mass is 10.1. The van der Waals surface area contributed by atoms with Crippen molar-refractivity contribution >= 4 is 44.2 Å². The summed E-state index contributed by atoms with van der Waals surface area (Å²) < 4.78 is 24.6. The Morgan fingerprint density at radius 3 is 2.47 bits per heavy atom. The molecule has 0 bridgehead atoms. The highest BCUT2D eigenvalue weighted by molar-refractivity contribution is 7.82. The number of benzene rings is 1. The third kappa shape index (κ3) is 8.06. The molecule has 0 spiro atoms. The van der Waals surface area contributed by atoms with Crippen LogP contribution in [0.2, 0.25) is 0 Å². The van der Waals surface area contributed by atoms with Crippen molar-refractivity contribution < 1.29 is 18.6 Å². The molecule has 1 atom stereocenters. The van der Waals surface area contributed by atoms with Crippen molar-refractivity contribution in [1.29, 1.82) is 0 Å². The van der Waals surface area contributed by atoms with E-state index in [0.29, 0.717) is 5.52 Å². The van der Waals surface area contributed by atoms with Gasteiger partial charge in [0, 0.05) is 18.3 Å². The highest BCUT2D eigenvalue weighted by atomic mass is 32.2. The molecular weight excluding hydrogens is 453 g/mol. The molecule has 1 aromatic carbocycles. The number of nitrogens with two attached hydrogens (primary N) is 1. The maximum absolute atomic E-state index is 13.0. The second-order valence-electron chi connectivity index (χ2n) is 6.07. The maximum Gasteiger partial charge on any atom is 0.276 e. The number of nitrogens with one attached hydrogen (secondary N) is 1. The van der Waals surface area contributed by atoms with Crippen molar-refractivity contribution in [1.82, 2.24) is 15.3 Å². The molecule has 0 saturated carbocycles. The molecule has 1 unspecified atom stereocenters. The number of hydrogen-bond donors (Lipinski definition) is 3. The Morgan fingerprint density at radius 1 is 1.25 bits per heavy atom. The van der Waals surface area contributed by atoms with Gasteiger partial charge in [-0.25, -0.2) is 14.2 Å². The van der Waals surface area contributed by atoms with Crippen LogP contribution in [0.5, 0.6) is 0 Å². The molecule has 2 aromatic heterocycles. The summed E-state index contributed by atoms with van der Waals surface area (Å²) >= 11 is 1.17. The summed E-state index contributed by atoms with van der Waals surface area (Å²) in [6.45, 7) is 8.33. The lowest BCUT2D eigenvalue weighted by molar-refractivity contribution is -0.114. The van der Waals surface area contributed by atoms with Gasteiger partial charge in [0.05, 0.1) is 27.0 Å². The summed E-state index contributed by atoms with van der Waals surface area (Å²) in [6.07, 6.45) is 2.67. The number of hydrogen-bond acceptors (Lipinski definition) is 7. The quantitative estimate of drug-likeness (QED) is 0.213. The third-order valence-corrected chi connectivity index (χ3v) is 5.19. The average Bonchev–Trinajstić information content (AvgIpc) is 3.19. The third-order valence-electron chi connectivity index (χ3n) is 3.56. The van der Waals surface area contributed by atoms with E-state index in [1.54, 1.807) is 18.2 Å². The minimum Gasteiger partial charge on any atom is -0.410 e. The smallest absolute Gasteiger partial charge is 0.276 e. The topological polar surface area (TPSA) is 131 Å². The fourth-order valence-electron chi connectivity index (χ4n) is 2.29. The SMILES string of the molecule is CC.CCC.NS(=O)CCNC(=O)/C(=N/O)c1nc2ccc(-c3ccc(F)nc3)cc2s1. The molecule has 32 heavy (non-hydrogen) atoms. The average molecular weight is 482 g/mol. The molecule has 3 rings (SSSR count). The van der Waals surface area contributed by atoms with Crippen molar-refractivity contribution in [3.63, 3.8) is 0 Å². The van der Waals surface area contributed by atoms with E-state index in [4.69, 9.17) is 5.14 Å². The number of carbonyl (C=O) groups is 1. The van der Waals surface area contributed by atoms with Gasteiger partial charge in [-0.05, 0) is 29.8 Å². The molecule has 11 heteroatoms. The van der Waals surface area contributed by atoms with Crippen LogP contribution in [0.15, 0.2) is 41.7 Å². The normalized spacial score (nSPS) is 11.6. The fraction of sp³-hybridized carbons (Fsp3) is 0.333. The van der Waals surface area contributed by atoms with Gasteiger partial charge in [-0.15, -0.1) is 11.3 Å². The zero-order chi connectivity index (χ0) is 24.1. The molecular formula is C21H28FN5O3S2. The molecule has 0 radical (unpaired) electrons. The van der Waals surface area contributed by atoms with Gasteiger partial charge in [-0.1, -0.05) is 45.3 Å². The van der Waals surface area contributed by atoms with Crippen LogP contribution in [-0.4, -0.2) is 43.3 Å². The Hall–Kier alpha value is -2.76. The molecule has 0 fully saturated rings. The lowest BCUT2D eigenvalue weighted by Gasteiger charge is -2.03. The number of pyridine rings is 1. The zero-order valence-electron chi connectivity index (χ0n) is 18.5. The Balaban J connectivity index is 0.000000944. The van der Waals surface area contributed by atoms with Gasteiger partial charge >= 0.3 is 0 Å². The lowest BCUT2D eigenvalue weighted by Crippen LogP contribution is -2.35. The Kier molecular flexibility index (Phi) is 12.2.